The van der Waals surface area contributed by atoms with E-state index >= 15 is 0 Å². The van der Waals surface area contributed by atoms with Crippen LogP contribution in [-0.4, -0.2) is 32.2 Å². The number of benzene rings is 1. The van der Waals surface area contributed by atoms with Crippen LogP contribution in [0.25, 0.3) is 0 Å². The molecule has 134 valence electrons. The second-order valence-electron chi connectivity index (χ2n) is 5.77. The Morgan fingerprint density at radius 1 is 1.12 bits per heavy atom. The minimum atomic E-state index is -0.256. The molecule has 6 heteroatoms. The van der Waals surface area contributed by atoms with Crippen molar-refractivity contribution in [3.63, 3.8) is 0 Å². The molecule has 1 heterocycles. The molecular weight excluding hydrogens is 320 g/mol. The van der Waals surface area contributed by atoms with E-state index < -0.39 is 0 Å². The van der Waals surface area contributed by atoms with Crippen molar-refractivity contribution in [2.24, 2.45) is 0 Å². The van der Waals surface area contributed by atoms with E-state index in [1.807, 2.05) is 6.07 Å². The number of nitrogens with one attached hydrogen (secondary N) is 1. The van der Waals surface area contributed by atoms with E-state index in [9.17, 15) is 4.79 Å². The van der Waals surface area contributed by atoms with Gasteiger partial charge in [0.15, 0.2) is 11.5 Å². The number of ether oxygens (including phenoxy) is 3. The Morgan fingerprint density at radius 3 is 2.36 bits per heavy atom. The van der Waals surface area contributed by atoms with Crippen LogP contribution in [-0.2, 0) is 6.54 Å². The van der Waals surface area contributed by atoms with Gasteiger partial charge in [-0.1, -0.05) is 19.9 Å². The number of carbonyl (C=O) groups excluding carboxylic acids is 1. The molecule has 0 spiro atoms. The zero-order valence-corrected chi connectivity index (χ0v) is 15.3. The second kappa shape index (κ2) is 8.37. The van der Waals surface area contributed by atoms with Crippen LogP contribution in [0.5, 0.6) is 17.2 Å². The Labute approximate surface area is 148 Å². The first-order valence-corrected chi connectivity index (χ1v) is 8.04. The SMILES string of the molecule is COc1cc(CNC(=O)c2ccccn2)c(OC)c(OC)c1C(C)C. The molecule has 1 amide bonds. The lowest BCUT2D eigenvalue weighted by atomic mass is 9.97. The van der Waals surface area contributed by atoms with Gasteiger partial charge in [0.05, 0.1) is 21.3 Å². The van der Waals surface area contributed by atoms with Gasteiger partial charge < -0.3 is 19.5 Å². The highest BCUT2D eigenvalue weighted by Gasteiger charge is 2.23. The number of nitrogens with zero attached hydrogens (tertiary/aromatic N) is 1. The summed E-state index contributed by atoms with van der Waals surface area (Å²) in [5.41, 5.74) is 2.06. The van der Waals surface area contributed by atoms with Crippen molar-refractivity contribution < 1.29 is 19.0 Å². The van der Waals surface area contributed by atoms with Crippen LogP contribution in [0, 0.1) is 0 Å². The maximum atomic E-state index is 12.2. The van der Waals surface area contributed by atoms with E-state index in [1.165, 1.54) is 0 Å². The van der Waals surface area contributed by atoms with Crippen LogP contribution in [0.4, 0.5) is 0 Å². The van der Waals surface area contributed by atoms with Gasteiger partial charge in [0.1, 0.15) is 11.4 Å². The lowest BCUT2D eigenvalue weighted by Gasteiger charge is -2.21. The number of amides is 1. The summed E-state index contributed by atoms with van der Waals surface area (Å²) in [6, 6.07) is 7.07. The molecule has 0 fully saturated rings. The fourth-order valence-electron chi connectivity index (χ4n) is 2.72. The number of aromatic nitrogens is 1. The van der Waals surface area contributed by atoms with Crippen LogP contribution < -0.4 is 19.5 Å². The minimum absolute atomic E-state index is 0.191. The van der Waals surface area contributed by atoms with Crippen molar-refractivity contribution in [3.05, 3.63) is 47.3 Å². The summed E-state index contributed by atoms with van der Waals surface area (Å²) >= 11 is 0. The van der Waals surface area contributed by atoms with Gasteiger partial charge in [0.2, 0.25) is 0 Å². The molecule has 0 aliphatic rings. The Kier molecular flexibility index (Phi) is 6.22. The highest BCUT2D eigenvalue weighted by molar-refractivity contribution is 5.92. The molecule has 2 aromatic rings. The number of carbonyl (C=O) groups is 1. The molecule has 0 radical (unpaired) electrons. The largest absolute Gasteiger partial charge is 0.496 e. The summed E-state index contributed by atoms with van der Waals surface area (Å²) in [5.74, 6) is 1.85. The normalized spacial score (nSPS) is 10.5. The first-order valence-electron chi connectivity index (χ1n) is 8.04. The second-order valence-corrected chi connectivity index (χ2v) is 5.77. The molecule has 0 aliphatic heterocycles. The Morgan fingerprint density at radius 2 is 1.84 bits per heavy atom. The molecule has 2 rings (SSSR count). The summed E-state index contributed by atoms with van der Waals surface area (Å²) in [5, 5.41) is 2.85. The van der Waals surface area contributed by atoms with Gasteiger partial charge in [-0.3, -0.25) is 9.78 Å². The van der Waals surface area contributed by atoms with E-state index in [4.69, 9.17) is 14.2 Å². The van der Waals surface area contributed by atoms with E-state index in [1.54, 1.807) is 45.7 Å². The fourth-order valence-corrected chi connectivity index (χ4v) is 2.72. The first kappa shape index (κ1) is 18.6. The summed E-state index contributed by atoms with van der Waals surface area (Å²) < 4.78 is 16.6. The highest BCUT2D eigenvalue weighted by Crippen LogP contribution is 2.44. The molecule has 0 bridgehead atoms. The summed E-state index contributed by atoms with van der Waals surface area (Å²) in [6.45, 7) is 4.38. The van der Waals surface area contributed by atoms with Crippen LogP contribution in [0.1, 0.15) is 41.4 Å². The number of pyridine rings is 1. The minimum Gasteiger partial charge on any atom is -0.496 e. The van der Waals surface area contributed by atoms with Crippen molar-refractivity contribution in [2.45, 2.75) is 26.3 Å². The summed E-state index contributed by atoms with van der Waals surface area (Å²) in [4.78, 5) is 16.3. The predicted octanol–water partition coefficient (Wildman–Crippen LogP) is 3.16. The smallest absolute Gasteiger partial charge is 0.270 e. The molecule has 0 atom stereocenters. The maximum absolute atomic E-state index is 12.2. The van der Waals surface area contributed by atoms with Gasteiger partial charge in [-0.15, -0.1) is 0 Å². The average molecular weight is 344 g/mol. The fraction of sp³-hybridized carbons (Fsp3) is 0.368. The Hall–Kier alpha value is -2.76. The third-order valence-electron chi connectivity index (χ3n) is 3.86. The first-order chi connectivity index (χ1) is 12.0. The Balaban J connectivity index is 2.35. The quantitative estimate of drug-likeness (QED) is 0.835. The zero-order chi connectivity index (χ0) is 18.4. The maximum Gasteiger partial charge on any atom is 0.270 e. The molecule has 25 heavy (non-hydrogen) atoms. The number of methoxy groups -OCH3 is 3. The van der Waals surface area contributed by atoms with Crippen LogP contribution >= 0.6 is 0 Å². The van der Waals surface area contributed by atoms with Crippen molar-refractivity contribution in [2.75, 3.05) is 21.3 Å². The lowest BCUT2D eigenvalue weighted by molar-refractivity contribution is 0.0945. The van der Waals surface area contributed by atoms with Gasteiger partial charge in [-0.25, -0.2) is 0 Å². The van der Waals surface area contributed by atoms with Gasteiger partial charge in [-0.05, 0) is 24.1 Å². The molecule has 0 aliphatic carbocycles. The molecule has 0 unspecified atom stereocenters. The Bertz CT molecular complexity index is 730. The molecule has 6 nitrogen and oxygen atoms in total. The van der Waals surface area contributed by atoms with E-state index in [2.05, 4.69) is 24.1 Å². The molecule has 1 N–H and O–H groups in total. The number of hydrogen-bond donors (Lipinski definition) is 1. The number of hydrogen-bond acceptors (Lipinski definition) is 5. The van der Waals surface area contributed by atoms with E-state index in [0.29, 0.717) is 22.9 Å². The standard InChI is InChI=1S/C19H24N2O4/c1-12(2)16-15(23-3)10-13(17(24-4)18(16)25-5)11-21-19(22)14-8-6-7-9-20-14/h6-10,12H,11H2,1-5H3,(H,21,22). The molecule has 1 aromatic heterocycles. The molecular formula is C19H24N2O4. The van der Waals surface area contributed by atoms with Crippen LogP contribution in [0.3, 0.4) is 0 Å². The monoisotopic (exact) mass is 344 g/mol. The average Bonchev–Trinajstić information content (AvgIpc) is 2.64. The summed E-state index contributed by atoms with van der Waals surface area (Å²) in [7, 11) is 4.79. The van der Waals surface area contributed by atoms with Crippen molar-refractivity contribution >= 4 is 5.91 Å². The zero-order valence-electron chi connectivity index (χ0n) is 15.3. The van der Waals surface area contributed by atoms with Crippen molar-refractivity contribution in [3.8, 4) is 17.2 Å². The van der Waals surface area contributed by atoms with Crippen molar-refractivity contribution in [1.82, 2.24) is 10.3 Å². The highest BCUT2D eigenvalue weighted by atomic mass is 16.5. The molecule has 0 saturated heterocycles. The summed E-state index contributed by atoms with van der Waals surface area (Å²) in [6.07, 6.45) is 1.58. The lowest BCUT2D eigenvalue weighted by Crippen LogP contribution is -2.24. The van der Waals surface area contributed by atoms with Crippen LogP contribution in [0.15, 0.2) is 30.5 Å². The molecule has 1 aromatic carbocycles. The van der Waals surface area contributed by atoms with Crippen molar-refractivity contribution in [1.29, 1.82) is 0 Å². The van der Waals surface area contributed by atoms with E-state index in [-0.39, 0.29) is 18.4 Å². The van der Waals surface area contributed by atoms with Gasteiger partial charge in [-0.2, -0.15) is 0 Å². The predicted molar refractivity (Wildman–Crippen MR) is 95.6 cm³/mol. The van der Waals surface area contributed by atoms with Crippen LogP contribution in [0.2, 0.25) is 0 Å². The van der Waals surface area contributed by atoms with Gasteiger partial charge in [0, 0.05) is 23.9 Å². The van der Waals surface area contributed by atoms with Gasteiger partial charge >= 0.3 is 0 Å². The number of rotatable bonds is 7. The molecule has 0 saturated carbocycles. The van der Waals surface area contributed by atoms with E-state index in [0.717, 1.165) is 11.1 Å². The van der Waals surface area contributed by atoms with Gasteiger partial charge in [0.25, 0.3) is 5.91 Å². The third kappa shape index (κ3) is 4.02. The topological polar surface area (TPSA) is 69.7 Å². The third-order valence-corrected chi connectivity index (χ3v) is 3.86.